The topological polar surface area (TPSA) is 59.6 Å². The Hall–Kier alpha value is -1.75. The van der Waals surface area contributed by atoms with Crippen LogP contribution in [0.25, 0.3) is 0 Å². The molecule has 2 unspecified atom stereocenters. The zero-order valence-electron chi connectivity index (χ0n) is 12.9. The van der Waals surface area contributed by atoms with Crippen LogP contribution in [0.15, 0.2) is 18.2 Å². The third kappa shape index (κ3) is 3.88. The molecule has 1 saturated heterocycles. The number of amides is 1. The van der Waals surface area contributed by atoms with Crippen molar-refractivity contribution in [3.05, 3.63) is 23.8 Å². The van der Waals surface area contributed by atoms with E-state index in [0.29, 0.717) is 6.54 Å². The fourth-order valence-electron chi connectivity index (χ4n) is 2.71. The van der Waals surface area contributed by atoms with Gasteiger partial charge in [0.1, 0.15) is 11.5 Å². The molecule has 0 aromatic heterocycles. The molecule has 116 valence electrons. The van der Waals surface area contributed by atoms with Crippen LogP contribution in [0.3, 0.4) is 0 Å². The summed E-state index contributed by atoms with van der Waals surface area (Å²) in [6.07, 6.45) is 1.99. The first kappa shape index (κ1) is 15.6. The van der Waals surface area contributed by atoms with Crippen LogP contribution < -0.4 is 20.1 Å². The molecule has 2 rings (SSSR count). The number of carbonyl (C=O) groups excluding carboxylic acids is 1. The lowest BCUT2D eigenvalue weighted by Crippen LogP contribution is -2.46. The van der Waals surface area contributed by atoms with Crippen LogP contribution in [0.2, 0.25) is 0 Å². The average Bonchev–Trinajstić information content (AvgIpc) is 2.52. The minimum atomic E-state index is 0.0444. The number of benzene rings is 1. The fraction of sp³-hybridized carbons (Fsp3) is 0.562. The van der Waals surface area contributed by atoms with E-state index in [1.807, 2.05) is 18.2 Å². The van der Waals surface area contributed by atoms with E-state index in [1.54, 1.807) is 14.2 Å². The summed E-state index contributed by atoms with van der Waals surface area (Å²) in [6.45, 7) is 3.53. The normalized spacial score (nSPS) is 21.7. The second-order valence-electron chi connectivity index (χ2n) is 5.39. The van der Waals surface area contributed by atoms with Gasteiger partial charge in [-0.1, -0.05) is 0 Å². The number of piperidine rings is 1. The molecule has 0 saturated carbocycles. The molecule has 1 aromatic carbocycles. The Labute approximate surface area is 126 Å². The Morgan fingerprint density at radius 3 is 2.86 bits per heavy atom. The van der Waals surface area contributed by atoms with Crippen molar-refractivity contribution in [1.29, 1.82) is 0 Å². The molecule has 0 spiro atoms. The van der Waals surface area contributed by atoms with Gasteiger partial charge in [-0.05, 0) is 38.4 Å². The molecule has 5 heteroatoms. The van der Waals surface area contributed by atoms with E-state index in [-0.39, 0.29) is 17.9 Å². The van der Waals surface area contributed by atoms with Crippen LogP contribution in [0.1, 0.15) is 25.3 Å². The van der Waals surface area contributed by atoms with E-state index in [2.05, 4.69) is 17.6 Å². The first-order valence-electron chi connectivity index (χ1n) is 7.37. The summed E-state index contributed by atoms with van der Waals surface area (Å²) >= 11 is 0. The average molecular weight is 292 g/mol. The van der Waals surface area contributed by atoms with Gasteiger partial charge in [0.2, 0.25) is 5.91 Å². The van der Waals surface area contributed by atoms with Gasteiger partial charge in [0.25, 0.3) is 0 Å². The monoisotopic (exact) mass is 292 g/mol. The summed E-state index contributed by atoms with van der Waals surface area (Å²) < 4.78 is 10.5. The van der Waals surface area contributed by atoms with Crippen LogP contribution in [0.4, 0.5) is 0 Å². The maximum atomic E-state index is 12.3. The van der Waals surface area contributed by atoms with Crippen molar-refractivity contribution in [2.24, 2.45) is 5.92 Å². The standard InChI is InChI=1S/C16H24N2O3/c1-11-14(5-4-8-17-11)16(19)18-10-12-6-7-13(20-2)9-15(12)21-3/h6-7,9,11,14,17H,4-5,8,10H2,1-3H3,(H,18,19). The number of rotatable bonds is 5. The summed E-state index contributed by atoms with van der Waals surface area (Å²) in [4.78, 5) is 12.3. The quantitative estimate of drug-likeness (QED) is 0.867. The Balaban J connectivity index is 1.97. The highest BCUT2D eigenvalue weighted by atomic mass is 16.5. The van der Waals surface area contributed by atoms with E-state index in [9.17, 15) is 4.79 Å². The van der Waals surface area contributed by atoms with Gasteiger partial charge in [-0.15, -0.1) is 0 Å². The molecule has 0 radical (unpaired) electrons. The highest BCUT2D eigenvalue weighted by molar-refractivity contribution is 5.79. The molecule has 1 aromatic rings. The molecule has 1 fully saturated rings. The highest BCUT2D eigenvalue weighted by Crippen LogP contribution is 2.24. The number of methoxy groups -OCH3 is 2. The van der Waals surface area contributed by atoms with Crippen molar-refractivity contribution in [2.45, 2.75) is 32.4 Å². The zero-order chi connectivity index (χ0) is 15.2. The third-order valence-corrected chi connectivity index (χ3v) is 4.05. The van der Waals surface area contributed by atoms with Crippen molar-refractivity contribution in [2.75, 3.05) is 20.8 Å². The van der Waals surface area contributed by atoms with Gasteiger partial charge < -0.3 is 20.1 Å². The van der Waals surface area contributed by atoms with Crippen LogP contribution in [0.5, 0.6) is 11.5 Å². The van der Waals surface area contributed by atoms with Crippen molar-refractivity contribution >= 4 is 5.91 Å². The predicted molar refractivity (Wildman–Crippen MR) is 81.6 cm³/mol. The van der Waals surface area contributed by atoms with Crippen molar-refractivity contribution < 1.29 is 14.3 Å². The largest absolute Gasteiger partial charge is 0.497 e. The van der Waals surface area contributed by atoms with Gasteiger partial charge in [-0.3, -0.25) is 4.79 Å². The summed E-state index contributed by atoms with van der Waals surface area (Å²) in [7, 11) is 3.24. The lowest BCUT2D eigenvalue weighted by molar-refractivity contribution is -0.126. The molecule has 2 N–H and O–H groups in total. The van der Waals surface area contributed by atoms with Crippen LogP contribution in [-0.4, -0.2) is 32.7 Å². The van der Waals surface area contributed by atoms with E-state index in [1.165, 1.54) is 0 Å². The minimum Gasteiger partial charge on any atom is -0.497 e. The second kappa shape index (κ2) is 7.31. The maximum absolute atomic E-state index is 12.3. The van der Waals surface area contributed by atoms with Gasteiger partial charge in [-0.2, -0.15) is 0 Å². The smallest absolute Gasteiger partial charge is 0.224 e. The van der Waals surface area contributed by atoms with Gasteiger partial charge in [-0.25, -0.2) is 0 Å². The van der Waals surface area contributed by atoms with E-state index < -0.39 is 0 Å². The first-order chi connectivity index (χ1) is 10.2. The lowest BCUT2D eigenvalue weighted by Gasteiger charge is -2.29. The molecule has 1 heterocycles. The Kier molecular flexibility index (Phi) is 5.44. The molecule has 1 amide bonds. The van der Waals surface area contributed by atoms with Crippen molar-refractivity contribution in [3.63, 3.8) is 0 Å². The van der Waals surface area contributed by atoms with Crippen LogP contribution >= 0.6 is 0 Å². The summed E-state index contributed by atoms with van der Waals surface area (Å²) in [6, 6.07) is 5.85. The molecule has 0 aliphatic carbocycles. The Morgan fingerprint density at radius 2 is 2.19 bits per heavy atom. The van der Waals surface area contributed by atoms with Crippen molar-refractivity contribution in [3.8, 4) is 11.5 Å². The number of hydrogen-bond acceptors (Lipinski definition) is 4. The van der Waals surface area contributed by atoms with Gasteiger partial charge >= 0.3 is 0 Å². The minimum absolute atomic E-state index is 0.0444. The fourth-order valence-corrected chi connectivity index (χ4v) is 2.71. The van der Waals surface area contributed by atoms with Crippen molar-refractivity contribution in [1.82, 2.24) is 10.6 Å². The zero-order valence-corrected chi connectivity index (χ0v) is 12.9. The van der Waals surface area contributed by atoms with Gasteiger partial charge in [0, 0.05) is 24.2 Å². The number of hydrogen-bond donors (Lipinski definition) is 2. The molecular weight excluding hydrogens is 268 g/mol. The SMILES string of the molecule is COc1ccc(CNC(=O)C2CCCNC2C)c(OC)c1. The summed E-state index contributed by atoms with van der Waals surface area (Å²) in [5, 5.41) is 6.36. The first-order valence-corrected chi connectivity index (χ1v) is 7.37. The van der Waals surface area contributed by atoms with E-state index >= 15 is 0 Å². The van der Waals surface area contributed by atoms with E-state index in [4.69, 9.17) is 9.47 Å². The van der Waals surface area contributed by atoms with Crippen LogP contribution in [0, 0.1) is 5.92 Å². The molecular formula is C16H24N2O3. The second-order valence-corrected chi connectivity index (χ2v) is 5.39. The molecule has 1 aliphatic heterocycles. The highest BCUT2D eigenvalue weighted by Gasteiger charge is 2.27. The van der Waals surface area contributed by atoms with Gasteiger partial charge in [0.15, 0.2) is 0 Å². The third-order valence-electron chi connectivity index (χ3n) is 4.05. The molecule has 1 aliphatic rings. The molecule has 2 atom stereocenters. The molecule has 0 bridgehead atoms. The number of carbonyl (C=O) groups is 1. The maximum Gasteiger partial charge on any atom is 0.224 e. The summed E-state index contributed by atoms with van der Waals surface area (Å²) in [5.41, 5.74) is 0.947. The Morgan fingerprint density at radius 1 is 1.38 bits per heavy atom. The predicted octanol–water partition coefficient (Wildman–Crippen LogP) is 1.71. The summed E-state index contributed by atoms with van der Waals surface area (Å²) in [5.74, 6) is 1.62. The molecule has 21 heavy (non-hydrogen) atoms. The number of nitrogens with one attached hydrogen (secondary N) is 2. The lowest BCUT2D eigenvalue weighted by atomic mass is 9.91. The Bertz CT molecular complexity index is 490. The van der Waals surface area contributed by atoms with Gasteiger partial charge in [0.05, 0.1) is 20.1 Å². The molecule has 5 nitrogen and oxygen atoms in total. The van der Waals surface area contributed by atoms with E-state index in [0.717, 1.165) is 36.4 Å². The van der Waals surface area contributed by atoms with Crippen LogP contribution in [-0.2, 0) is 11.3 Å². The number of ether oxygens (including phenoxy) is 2.